The zero-order valence-electron chi connectivity index (χ0n) is 13.9. The summed E-state index contributed by atoms with van der Waals surface area (Å²) in [6.45, 7) is 4.36. The fourth-order valence-electron chi connectivity index (χ4n) is 2.29. The maximum atomic E-state index is 12.2. The number of fused-ring (bicyclic) bond motifs is 1. The summed E-state index contributed by atoms with van der Waals surface area (Å²) in [6.07, 6.45) is -0.869. The minimum absolute atomic E-state index is 0.0476. The Morgan fingerprint density at radius 1 is 1.32 bits per heavy atom. The summed E-state index contributed by atoms with van der Waals surface area (Å²) >= 11 is 1.46. The number of thiazole rings is 1. The van der Waals surface area contributed by atoms with E-state index in [9.17, 15) is 9.59 Å². The Hall–Kier alpha value is -2.61. The highest BCUT2D eigenvalue weighted by Gasteiger charge is 2.20. The van der Waals surface area contributed by atoms with Gasteiger partial charge in [0, 0.05) is 17.1 Å². The first-order valence-corrected chi connectivity index (χ1v) is 8.70. The van der Waals surface area contributed by atoms with Gasteiger partial charge in [0.25, 0.3) is 5.91 Å². The van der Waals surface area contributed by atoms with Crippen molar-refractivity contribution in [1.29, 1.82) is 0 Å². The molecule has 0 saturated heterocycles. The average molecular weight is 362 g/mol. The van der Waals surface area contributed by atoms with Gasteiger partial charge in [0.15, 0.2) is 17.6 Å². The van der Waals surface area contributed by atoms with Gasteiger partial charge in [-0.25, -0.2) is 4.98 Å². The van der Waals surface area contributed by atoms with E-state index >= 15 is 0 Å². The van der Waals surface area contributed by atoms with Gasteiger partial charge in [-0.3, -0.25) is 9.59 Å². The molecule has 1 aromatic heterocycles. The van der Waals surface area contributed by atoms with Gasteiger partial charge in [-0.1, -0.05) is 0 Å². The van der Waals surface area contributed by atoms with Crippen molar-refractivity contribution in [3.8, 4) is 11.5 Å². The number of carbonyl (C=O) groups excluding carboxylic acids is 2. The Morgan fingerprint density at radius 3 is 2.80 bits per heavy atom. The summed E-state index contributed by atoms with van der Waals surface area (Å²) in [4.78, 5) is 28.3. The quantitative estimate of drug-likeness (QED) is 0.822. The molecule has 1 atom stereocenters. The van der Waals surface area contributed by atoms with Gasteiger partial charge in [0.1, 0.15) is 13.2 Å². The Kier molecular flexibility index (Phi) is 5.18. The van der Waals surface area contributed by atoms with Gasteiger partial charge in [-0.05, 0) is 26.0 Å². The molecule has 0 aliphatic carbocycles. The molecule has 0 spiro atoms. The molecule has 0 radical (unpaired) electrons. The summed E-state index contributed by atoms with van der Waals surface area (Å²) in [7, 11) is 0. The molecule has 132 valence electrons. The van der Waals surface area contributed by atoms with Crippen LogP contribution < -0.4 is 14.8 Å². The summed E-state index contributed by atoms with van der Waals surface area (Å²) in [5.74, 6) is 0.310. The molecule has 1 aliphatic rings. The second-order valence-electron chi connectivity index (χ2n) is 5.51. The topological polar surface area (TPSA) is 86.8 Å². The Labute approximate surface area is 148 Å². The van der Waals surface area contributed by atoms with Gasteiger partial charge in [0.05, 0.1) is 17.1 Å². The number of nitrogens with zero attached hydrogens (tertiary/aromatic N) is 1. The molecule has 2 aromatic rings. The smallest absolute Gasteiger partial charge is 0.312 e. The molecule has 1 aromatic carbocycles. The third kappa shape index (κ3) is 4.48. The molecule has 0 bridgehead atoms. The molecule has 1 N–H and O–H groups in total. The summed E-state index contributed by atoms with van der Waals surface area (Å²) < 4.78 is 16.1. The van der Waals surface area contributed by atoms with Gasteiger partial charge in [-0.15, -0.1) is 11.3 Å². The second kappa shape index (κ2) is 7.52. The third-order valence-electron chi connectivity index (χ3n) is 3.48. The average Bonchev–Trinajstić information content (AvgIpc) is 2.99. The largest absolute Gasteiger partial charge is 0.486 e. The molecule has 7 nitrogen and oxygen atoms in total. The van der Waals surface area contributed by atoms with Crippen molar-refractivity contribution in [3.05, 3.63) is 34.3 Å². The Bertz CT molecular complexity index is 789. The molecule has 0 fully saturated rings. The van der Waals surface area contributed by atoms with Crippen LogP contribution in [0.1, 0.15) is 17.6 Å². The number of nitrogens with one attached hydrogen (secondary N) is 1. The number of ether oxygens (including phenoxy) is 3. The molecule has 0 saturated carbocycles. The molecule has 1 aliphatic heterocycles. The molecular weight excluding hydrogens is 344 g/mol. The van der Waals surface area contributed by atoms with Crippen LogP contribution in [-0.4, -0.2) is 36.2 Å². The molecule has 1 amide bonds. The van der Waals surface area contributed by atoms with Crippen molar-refractivity contribution in [2.24, 2.45) is 0 Å². The van der Waals surface area contributed by atoms with E-state index in [4.69, 9.17) is 14.2 Å². The van der Waals surface area contributed by atoms with Crippen LogP contribution in [0.15, 0.2) is 23.6 Å². The fourth-order valence-corrected chi connectivity index (χ4v) is 2.91. The number of hydrogen-bond donors (Lipinski definition) is 1. The van der Waals surface area contributed by atoms with E-state index in [0.717, 1.165) is 5.01 Å². The van der Waals surface area contributed by atoms with E-state index in [0.29, 0.717) is 36.1 Å². The van der Waals surface area contributed by atoms with Gasteiger partial charge < -0.3 is 19.5 Å². The van der Waals surface area contributed by atoms with E-state index in [-0.39, 0.29) is 6.42 Å². The number of esters is 1. The minimum atomic E-state index is -0.916. The van der Waals surface area contributed by atoms with Crippen molar-refractivity contribution in [2.75, 3.05) is 18.5 Å². The predicted octanol–water partition coefficient (Wildman–Crippen LogP) is 2.34. The minimum Gasteiger partial charge on any atom is -0.486 e. The van der Waals surface area contributed by atoms with Crippen LogP contribution >= 0.6 is 11.3 Å². The van der Waals surface area contributed by atoms with Crippen LogP contribution in [0, 0.1) is 6.92 Å². The van der Waals surface area contributed by atoms with Crippen molar-refractivity contribution in [1.82, 2.24) is 4.98 Å². The van der Waals surface area contributed by atoms with Crippen LogP contribution in [0.25, 0.3) is 0 Å². The summed E-state index contributed by atoms with van der Waals surface area (Å²) in [6, 6.07) is 5.11. The zero-order valence-corrected chi connectivity index (χ0v) is 14.7. The van der Waals surface area contributed by atoms with Crippen molar-refractivity contribution >= 4 is 28.9 Å². The highest BCUT2D eigenvalue weighted by molar-refractivity contribution is 7.09. The lowest BCUT2D eigenvalue weighted by Gasteiger charge is -2.19. The lowest BCUT2D eigenvalue weighted by Crippen LogP contribution is -2.30. The number of anilines is 1. The summed E-state index contributed by atoms with van der Waals surface area (Å²) in [5, 5.41) is 5.38. The lowest BCUT2D eigenvalue weighted by molar-refractivity contribution is -0.152. The number of aromatic nitrogens is 1. The van der Waals surface area contributed by atoms with Crippen LogP contribution in [-0.2, 0) is 20.7 Å². The number of aryl methyl sites for hydroxylation is 1. The molecule has 0 unspecified atom stereocenters. The first kappa shape index (κ1) is 17.2. The first-order valence-electron chi connectivity index (χ1n) is 7.82. The standard InChI is InChI=1S/C17H18N2O5S/c1-10(24-16(20)8-13-9-25-11(2)18-13)17(21)19-12-3-4-14-15(7-12)23-6-5-22-14/h3-4,7,9-10H,5-6,8H2,1-2H3,(H,19,21)/t10-/m1/s1. The lowest BCUT2D eigenvalue weighted by atomic mass is 10.2. The van der Waals surface area contributed by atoms with E-state index in [1.807, 2.05) is 6.92 Å². The molecule has 8 heteroatoms. The van der Waals surface area contributed by atoms with Crippen LogP contribution in [0.2, 0.25) is 0 Å². The molecule has 25 heavy (non-hydrogen) atoms. The van der Waals surface area contributed by atoms with E-state index in [1.165, 1.54) is 18.3 Å². The molecule has 3 rings (SSSR count). The fraction of sp³-hybridized carbons (Fsp3) is 0.353. The Balaban J connectivity index is 1.54. The van der Waals surface area contributed by atoms with E-state index in [2.05, 4.69) is 10.3 Å². The SMILES string of the molecule is Cc1nc(CC(=O)O[C@H](C)C(=O)Nc2ccc3c(c2)OCCO3)cs1. The van der Waals surface area contributed by atoms with Crippen molar-refractivity contribution in [2.45, 2.75) is 26.4 Å². The predicted molar refractivity (Wildman–Crippen MR) is 92.2 cm³/mol. The van der Waals surface area contributed by atoms with Gasteiger partial charge in [0.2, 0.25) is 0 Å². The number of rotatable bonds is 5. The van der Waals surface area contributed by atoms with E-state index < -0.39 is 18.0 Å². The maximum Gasteiger partial charge on any atom is 0.312 e. The second-order valence-corrected chi connectivity index (χ2v) is 6.58. The number of benzene rings is 1. The molecule has 2 heterocycles. The Morgan fingerprint density at radius 2 is 2.08 bits per heavy atom. The van der Waals surface area contributed by atoms with Crippen LogP contribution in [0.3, 0.4) is 0 Å². The van der Waals surface area contributed by atoms with Crippen LogP contribution in [0.4, 0.5) is 5.69 Å². The highest BCUT2D eigenvalue weighted by atomic mass is 32.1. The number of amides is 1. The van der Waals surface area contributed by atoms with Gasteiger partial charge >= 0.3 is 5.97 Å². The zero-order chi connectivity index (χ0) is 17.8. The maximum absolute atomic E-state index is 12.2. The van der Waals surface area contributed by atoms with Crippen molar-refractivity contribution < 1.29 is 23.8 Å². The highest BCUT2D eigenvalue weighted by Crippen LogP contribution is 2.32. The number of carbonyl (C=O) groups is 2. The first-order chi connectivity index (χ1) is 12.0. The van der Waals surface area contributed by atoms with Crippen molar-refractivity contribution in [3.63, 3.8) is 0 Å². The third-order valence-corrected chi connectivity index (χ3v) is 4.30. The van der Waals surface area contributed by atoms with Crippen LogP contribution in [0.5, 0.6) is 11.5 Å². The monoisotopic (exact) mass is 362 g/mol. The summed E-state index contributed by atoms with van der Waals surface area (Å²) in [5.41, 5.74) is 1.19. The normalized spacial score (nSPS) is 13.8. The molecular formula is C17H18N2O5S. The van der Waals surface area contributed by atoms with E-state index in [1.54, 1.807) is 23.6 Å². The van der Waals surface area contributed by atoms with Gasteiger partial charge in [-0.2, -0.15) is 0 Å². The number of hydrogen-bond acceptors (Lipinski definition) is 7.